The topological polar surface area (TPSA) is 70.2 Å². The van der Waals surface area contributed by atoms with Crippen molar-refractivity contribution in [3.8, 4) is 0 Å². The maximum atomic E-state index is 12.2. The van der Waals surface area contributed by atoms with Crippen LogP contribution in [0.5, 0.6) is 0 Å². The van der Waals surface area contributed by atoms with Gasteiger partial charge in [0.1, 0.15) is 0 Å². The summed E-state index contributed by atoms with van der Waals surface area (Å²) < 4.78 is 0. The van der Waals surface area contributed by atoms with Gasteiger partial charge in [-0.05, 0) is 66.5 Å². The van der Waals surface area contributed by atoms with Crippen LogP contribution in [0.4, 0.5) is 11.4 Å². The molecule has 0 atom stereocenters. The molecule has 158 valence electrons. The SMILES string of the molecule is Cc1ccccc1CC(=O)NC(=S)Nc1ccc(NC(=O)CCc2ccccc2)cc1. The number of benzene rings is 3. The lowest BCUT2D eigenvalue weighted by molar-refractivity contribution is -0.119. The molecule has 0 heterocycles. The molecule has 3 N–H and O–H groups in total. The number of thiocarbonyl (C=S) groups is 1. The normalized spacial score (nSPS) is 10.2. The predicted octanol–water partition coefficient (Wildman–Crippen LogP) is 4.62. The summed E-state index contributed by atoms with van der Waals surface area (Å²) in [4.78, 5) is 24.4. The molecule has 6 heteroatoms. The van der Waals surface area contributed by atoms with E-state index in [1.807, 2.05) is 61.5 Å². The van der Waals surface area contributed by atoms with Crippen molar-refractivity contribution in [2.75, 3.05) is 10.6 Å². The summed E-state index contributed by atoms with van der Waals surface area (Å²) in [5.41, 5.74) is 4.60. The van der Waals surface area contributed by atoms with Gasteiger partial charge >= 0.3 is 0 Å². The molecule has 0 saturated carbocycles. The summed E-state index contributed by atoms with van der Waals surface area (Å²) in [6.45, 7) is 1.97. The molecule has 3 aromatic rings. The second-order valence-electron chi connectivity index (χ2n) is 7.22. The van der Waals surface area contributed by atoms with Crippen LogP contribution in [0.25, 0.3) is 0 Å². The number of nitrogens with one attached hydrogen (secondary N) is 3. The molecule has 0 bridgehead atoms. The first-order valence-corrected chi connectivity index (χ1v) is 10.5. The van der Waals surface area contributed by atoms with Crippen molar-refractivity contribution in [1.29, 1.82) is 0 Å². The first-order chi connectivity index (χ1) is 15.0. The third-order valence-corrected chi connectivity index (χ3v) is 4.98. The van der Waals surface area contributed by atoms with Crippen LogP contribution in [0.15, 0.2) is 78.9 Å². The number of amides is 2. The Morgan fingerprint density at radius 1 is 0.774 bits per heavy atom. The molecule has 2 amide bonds. The first-order valence-electron chi connectivity index (χ1n) is 10.1. The smallest absolute Gasteiger partial charge is 0.230 e. The number of aryl methyl sites for hydroxylation is 2. The third-order valence-electron chi connectivity index (χ3n) is 4.78. The highest BCUT2D eigenvalue weighted by Gasteiger charge is 2.08. The van der Waals surface area contributed by atoms with Gasteiger partial charge in [-0.25, -0.2) is 0 Å². The molecule has 0 spiro atoms. The number of hydrogen-bond acceptors (Lipinski definition) is 3. The van der Waals surface area contributed by atoms with E-state index in [-0.39, 0.29) is 23.3 Å². The van der Waals surface area contributed by atoms with Gasteiger partial charge in [-0.1, -0.05) is 54.6 Å². The van der Waals surface area contributed by atoms with Crippen LogP contribution < -0.4 is 16.0 Å². The van der Waals surface area contributed by atoms with Crippen molar-refractivity contribution < 1.29 is 9.59 Å². The van der Waals surface area contributed by atoms with Crippen LogP contribution in [0.2, 0.25) is 0 Å². The van der Waals surface area contributed by atoms with Crippen LogP contribution in [-0.2, 0) is 22.4 Å². The Bertz CT molecular complexity index is 1050. The zero-order valence-electron chi connectivity index (χ0n) is 17.4. The molecule has 0 aliphatic heterocycles. The maximum absolute atomic E-state index is 12.2. The summed E-state index contributed by atoms with van der Waals surface area (Å²) in [6.07, 6.45) is 1.38. The largest absolute Gasteiger partial charge is 0.332 e. The van der Waals surface area contributed by atoms with Crippen molar-refractivity contribution in [2.45, 2.75) is 26.2 Å². The number of rotatable bonds is 7. The lowest BCUT2D eigenvalue weighted by atomic mass is 10.1. The van der Waals surface area contributed by atoms with Crippen LogP contribution in [-0.4, -0.2) is 16.9 Å². The highest BCUT2D eigenvalue weighted by atomic mass is 32.1. The van der Waals surface area contributed by atoms with E-state index in [0.717, 1.165) is 22.4 Å². The Morgan fingerprint density at radius 3 is 2.06 bits per heavy atom. The van der Waals surface area contributed by atoms with E-state index in [9.17, 15) is 9.59 Å². The number of carbonyl (C=O) groups excluding carboxylic acids is 2. The van der Waals surface area contributed by atoms with E-state index in [1.165, 1.54) is 0 Å². The molecule has 0 unspecified atom stereocenters. The third kappa shape index (κ3) is 7.35. The fourth-order valence-corrected chi connectivity index (χ4v) is 3.31. The maximum Gasteiger partial charge on any atom is 0.230 e. The number of anilines is 2. The van der Waals surface area contributed by atoms with Gasteiger partial charge in [0.05, 0.1) is 6.42 Å². The molecule has 0 aliphatic rings. The summed E-state index contributed by atoms with van der Waals surface area (Å²) in [5, 5.41) is 8.80. The van der Waals surface area contributed by atoms with Gasteiger partial charge in [-0.2, -0.15) is 0 Å². The first kappa shape index (κ1) is 22.2. The van der Waals surface area contributed by atoms with Crippen molar-refractivity contribution in [3.63, 3.8) is 0 Å². The van der Waals surface area contributed by atoms with Gasteiger partial charge in [0.15, 0.2) is 5.11 Å². The van der Waals surface area contributed by atoms with Crippen molar-refractivity contribution in [3.05, 3.63) is 95.6 Å². The van der Waals surface area contributed by atoms with Crippen LogP contribution in [0.1, 0.15) is 23.1 Å². The average molecular weight is 432 g/mol. The molecular formula is C25H25N3O2S. The average Bonchev–Trinajstić information content (AvgIpc) is 2.76. The van der Waals surface area contributed by atoms with Crippen LogP contribution in [0.3, 0.4) is 0 Å². The lowest BCUT2D eigenvalue weighted by Crippen LogP contribution is -2.35. The quantitative estimate of drug-likeness (QED) is 0.478. The summed E-state index contributed by atoms with van der Waals surface area (Å²) in [6, 6.07) is 24.8. The molecule has 0 aliphatic carbocycles. The van der Waals surface area contributed by atoms with E-state index in [2.05, 4.69) is 16.0 Å². The fourth-order valence-electron chi connectivity index (χ4n) is 3.08. The minimum Gasteiger partial charge on any atom is -0.332 e. The number of hydrogen-bond donors (Lipinski definition) is 3. The Labute approximate surface area is 187 Å². The summed E-state index contributed by atoms with van der Waals surface area (Å²) >= 11 is 5.23. The molecule has 31 heavy (non-hydrogen) atoms. The number of carbonyl (C=O) groups is 2. The highest BCUT2D eigenvalue weighted by Crippen LogP contribution is 2.14. The second-order valence-corrected chi connectivity index (χ2v) is 7.62. The van der Waals surface area contributed by atoms with Gasteiger partial charge in [-0.3, -0.25) is 9.59 Å². The lowest BCUT2D eigenvalue weighted by Gasteiger charge is -2.11. The zero-order valence-corrected chi connectivity index (χ0v) is 18.2. The van der Waals surface area contributed by atoms with Crippen molar-refractivity contribution >= 4 is 40.5 Å². The van der Waals surface area contributed by atoms with Gasteiger partial charge in [0.2, 0.25) is 11.8 Å². The molecule has 0 radical (unpaired) electrons. The minimum atomic E-state index is -0.172. The van der Waals surface area contributed by atoms with Crippen molar-refractivity contribution in [2.24, 2.45) is 0 Å². The fraction of sp³-hybridized carbons (Fsp3) is 0.160. The molecule has 5 nitrogen and oxygen atoms in total. The highest BCUT2D eigenvalue weighted by molar-refractivity contribution is 7.80. The van der Waals surface area contributed by atoms with E-state index >= 15 is 0 Å². The minimum absolute atomic E-state index is 0.0384. The van der Waals surface area contributed by atoms with Gasteiger partial charge in [-0.15, -0.1) is 0 Å². The van der Waals surface area contributed by atoms with E-state index in [1.54, 1.807) is 24.3 Å². The Hall–Kier alpha value is -3.51. The van der Waals surface area contributed by atoms with Gasteiger partial charge < -0.3 is 16.0 Å². The Kier molecular flexibility index (Phi) is 7.90. The molecule has 0 saturated heterocycles. The predicted molar refractivity (Wildman–Crippen MR) is 129 cm³/mol. The Morgan fingerprint density at radius 2 is 1.39 bits per heavy atom. The molecule has 0 fully saturated rings. The van der Waals surface area contributed by atoms with Gasteiger partial charge in [0.25, 0.3) is 0 Å². The second kappa shape index (κ2) is 11.0. The molecule has 3 aromatic carbocycles. The molecule has 0 aromatic heterocycles. The zero-order chi connectivity index (χ0) is 22.1. The molecular weight excluding hydrogens is 406 g/mol. The van der Waals surface area contributed by atoms with Crippen LogP contribution >= 0.6 is 12.2 Å². The van der Waals surface area contributed by atoms with E-state index in [4.69, 9.17) is 12.2 Å². The summed E-state index contributed by atoms with van der Waals surface area (Å²) in [5.74, 6) is -0.211. The van der Waals surface area contributed by atoms with E-state index < -0.39 is 0 Å². The standard InChI is InChI=1S/C25H25N3O2S/c1-18-7-5-6-10-20(18)17-24(30)28-25(31)27-22-14-12-21(13-15-22)26-23(29)16-11-19-8-3-2-4-9-19/h2-10,12-15H,11,16-17H2,1H3,(H,26,29)(H2,27,28,30,31). The van der Waals surface area contributed by atoms with Gasteiger partial charge in [0, 0.05) is 17.8 Å². The van der Waals surface area contributed by atoms with Crippen LogP contribution in [0, 0.1) is 6.92 Å². The van der Waals surface area contributed by atoms with Crippen molar-refractivity contribution in [1.82, 2.24) is 5.32 Å². The Balaban J connectivity index is 1.44. The molecule has 3 rings (SSSR count). The van der Waals surface area contributed by atoms with E-state index in [0.29, 0.717) is 18.5 Å². The summed E-state index contributed by atoms with van der Waals surface area (Å²) in [7, 11) is 0. The monoisotopic (exact) mass is 431 g/mol.